The normalized spacial score (nSPS) is 17.5. The number of carbonyl (C=O) groups is 2. The van der Waals surface area contributed by atoms with E-state index in [2.05, 4.69) is 25.4 Å². The Kier molecular flexibility index (Phi) is 7.72. The molecular weight excluding hydrogens is 558 g/mol. The van der Waals surface area contributed by atoms with Gasteiger partial charge in [-0.15, -0.1) is 10.2 Å². The lowest BCUT2D eigenvalue weighted by Gasteiger charge is -2.33. The zero-order valence-corrected chi connectivity index (χ0v) is 24.3. The van der Waals surface area contributed by atoms with Gasteiger partial charge in [-0.25, -0.2) is 4.79 Å². The van der Waals surface area contributed by atoms with Gasteiger partial charge in [0.2, 0.25) is 5.91 Å². The number of nitrogens with zero attached hydrogens (tertiary/aromatic N) is 3. The summed E-state index contributed by atoms with van der Waals surface area (Å²) < 4.78 is 10.5. The largest absolute Gasteiger partial charge is 0.497 e. The van der Waals surface area contributed by atoms with Crippen molar-refractivity contribution in [2.45, 2.75) is 45.4 Å². The molecule has 0 bridgehead atoms. The number of fused-ring (bicyclic) bond motifs is 2. The third kappa shape index (κ3) is 5.63. The number of hydrogen-bond acceptors (Lipinski definition) is 8. The number of amides is 1. The van der Waals surface area contributed by atoms with Crippen molar-refractivity contribution >= 4 is 45.9 Å². The lowest BCUT2D eigenvalue weighted by Crippen LogP contribution is -2.35. The van der Waals surface area contributed by atoms with E-state index in [0.29, 0.717) is 34.0 Å². The van der Waals surface area contributed by atoms with Crippen molar-refractivity contribution in [2.75, 3.05) is 30.4 Å². The molecule has 4 aromatic rings. The van der Waals surface area contributed by atoms with E-state index in [1.54, 1.807) is 26.2 Å². The van der Waals surface area contributed by atoms with Crippen LogP contribution in [0.15, 0.2) is 45.6 Å². The highest BCUT2D eigenvalue weighted by molar-refractivity contribution is 6.34. The van der Waals surface area contributed by atoms with Gasteiger partial charge < -0.3 is 19.4 Å². The van der Waals surface area contributed by atoms with Crippen molar-refractivity contribution in [1.82, 2.24) is 15.2 Å². The molecule has 1 amide bonds. The molecule has 2 aromatic heterocycles. The molecule has 2 N–H and O–H groups in total. The maximum absolute atomic E-state index is 13.4. The van der Waals surface area contributed by atoms with E-state index in [4.69, 9.17) is 20.8 Å². The highest BCUT2D eigenvalue weighted by Gasteiger charge is 2.27. The number of rotatable bonds is 7. The van der Waals surface area contributed by atoms with E-state index >= 15 is 0 Å². The number of H-pyrrole nitrogens is 1. The Bertz CT molecular complexity index is 1720. The number of carbonyl (C=O) groups excluding carboxylic acids is 2. The summed E-state index contributed by atoms with van der Waals surface area (Å²) in [6, 6.07) is 10.7. The highest BCUT2D eigenvalue weighted by Crippen LogP contribution is 2.33. The topological polar surface area (TPSA) is 130 Å². The molecular formula is C31H32ClN5O5. The number of methoxy groups -OCH3 is 1. The van der Waals surface area contributed by atoms with E-state index in [1.165, 1.54) is 6.07 Å². The molecule has 2 aliphatic rings. The average Bonchev–Trinajstić information content (AvgIpc) is 3.30. The van der Waals surface area contributed by atoms with Gasteiger partial charge in [-0.1, -0.05) is 11.6 Å². The Hall–Kier alpha value is -4.18. The molecule has 0 saturated carbocycles. The number of oxazole rings is 1. The maximum atomic E-state index is 13.4. The van der Waals surface area contributed by atoms with Gasteiger partial charge in [0.15, 0.2) is 22.3 Å². The summed E-state index contributed by atoms with van der Waals surface area (Å²) >= 11 is 6.32. The standard InChI is InChI=1S/C31H32ClN5O5/c1-17-13-21(15-25-27(17)34-31(40)42-25)28(38)23-16-26(35-36-29(23)32)37-11-9-18(10-12-37)3-4-19-5-6-20-14-22(41-2)7-8-24(20)33-30(19)39/h7-8,13-16,18-19H,3-6,9-12H2,1-2H3,(H,33,39)(H,34,40). The van der Waals surface area contributed by atoms with Crippen molar-refractivity contribution < 1.29 is 18.7 Å². The van der Waals surface area contributed by atoms with E-state index in [0.717, 1.165) is 68.6 Å². The number of ether oxygens (including phenoxy) is 1. The van der Waals surface area contributed by atoms with Crippen LogP contribution in [0, 0.1) is 18.8 Å². The van der Waals surface area contributed by atoms with Gasteiger partial charge in [0.25, 0.3) is 0 Å². The number of aryl methyl sites for hydroxylation is 2. The maximum Gasteiger partial charge on any atom is 0.417 e. The summed E-state index contributed by atoms with van der Waals surface area (Å²) in [6.45, 7) is 3.34. The molecule has 1 fully saturated rings. The molecule has 1 atom stereocenters. The second-order valence-corrected chi connectivity index (χ2v) is 11.5. The molecule has 0 spiro atoms. The fourth-order valence-corrected chi connectivity index (χ4v) is 6.25. The van der Waals surface area contributed by atoms with Crippen LogP contribution in [0.25, 0.3) is 11.1 Å². The zero-order chi connectivity index (χ0) is 29.4. The SMILES string of the molecule is COc1ccc2c(c1)CCC(CCC1CCN(c3cc(C(=O)c4cc(C)c5[nH]c(=O)oc5c4)c(Cl)nn3)CC1)C(=O)N2. The van der Waals surface area contributed by atoms with E-state index in [9.17, 15) is 14.4 Å². The fraction of sp³-hybridized carbons (Fsp3) is 0.387. The summed E-state index contributed by atoms with van der Waals surface area (Å²) in [7, 11) is 1.65. The van der Waals surface area contributed by atoms with Crippen molar-refractivity contribution in [3.05, 3.63) is 74.4 Å². The smallest absolute Gasteiger partial charge is 0.417 e. The van der Waals surface area contributed by atoms with Gasteiger partial charge in [0.05, 0.1) is 18.2 Å². The first-order chi connectivity index (χ1) is 20.3. The van der Waals surface area contributed by atoms with Gasteiger partial charge in [-0.2, -0.15) is 0 Å². The van der Waals surface area contributed by atoms with E-state index in [-0.39, 0.29) is 28.3 Å². The number of aromatic amines is 1. The fourth-order valence-electron chi connectivity index (χ4n) is 6.07. The van der Waals surface area contributed by atoms with E-state index in [1.807, 2.05) is 18.2 Å². The van der Waals surface area contributed by atoms with Crippen LogP contribution in [-0.4, -0.2) is 47.1 Å². The zero-order valence-electron chi connectivity index (χ0n) is 23.5. The molecule has 42 heavy (non-hydrogen) atoms. The van der Waals surface area contributed by atoms with Crippen molar-refractivity contribution in [3.63, 3.8) is 0 Å². The lowest BCUT2D eigenvalue weighted by atomic mass is 9.87. The summed E-state index contributed by atoms with van der Waals surface area (Å²) in [6.07, 6.45) is 5.43. The summed E-state index contributed by atoms with van der Waals surface area (Å²) in [5.41, 5.74) is 4.19. The Morgan fingerprint density at radius 1 is 1.10 bits per heavy atom. The third-order valence-electron chi connectivity index (χ3n) is 8.54. The number of nitrogens with one attached hydrogen (secondary N) is 2. The predicted octanol–water partition coefficient (Wildman–Crippen LogP) is 5.31. The summed E-state index contributed by atoms with van der Waals surface area (Å²) in [4.78, 5) is 42.7. The quantitative estimate of drug-likeness (QED) is 0.277. The predicted molar refractivity (Wildman–Crippen MR) is 160 cm³/mol. The highest BCUT2D eigenvalue weighted by atomic mass is 35.5. The molecule has 10 nitrogen and oxygen atoms in total. The minimum absolute atomic E-state index is 0.0146. The van der Waals surface area contributed by atoms with Crippen molar-refractivity contribution in [2.24, 2.45) is 11.8 Å². The van der Waals surface area contributed by atoms with Crippen molar-refractivity contribution in [1.29, 1.82) is 0 Å². The molecule has 4 heterocycles. The van der Waals surface area contributed by atoms with Gasteiger partial charge in [-0.3, -0.25) is 14.6 Å². The molecule has 218 valence electrons. The first kappa shape index (κ1) is 28.0. The van der Waals surface area contributed by atoms with Gasteiger partial charge in [0.1, 0.15) is 5.75 Å². The average molecular weight is 590 g/mol. The van der Waals surface area contributed by atoms with Crippen LogP contribution in [0.1, 0.15) is 59.2 Å². The first-order valence-electron chi connectivity index (χ1n) is 14.2. The van der Waals surface area contributed by atoms with Crippen LogP contribution < -0.4 is 20.7 Å². The molecule has 2 aliphatic heterocycles. The van der Waals surface area contributed by atoms with Crippen LogP contribution in [0.5, 0.6) is 5.75 Å². The molecule has 0 aliphatic carbocycles. The van der Waals surface area contributed by atoms with Crippen LogP contribution in [0.4, 0.5) is 11.5 Å². The molecule has 0 radical (unpaired) electrons. The van der Waals surface area contributed by atoms with Gasteiger partial charge >= 0.3 is 5.76 Å². The number of ketones is 1. The molecule has 1 unspecified atom stereocenters. The number of benzene rings is 2. The Morgan fingerprint density at radius 3 is 2.69 bits per heavy atom. The number of aromatic nitrogens is 3. The van der Waals surface area contributed by atoms with Crippen LogP contribution in [0.3, 0.4) is 0 Å². The molecule has 11 heteroatoms. The van der Waals surface area contributed by atoms with Crippen LogP contribution in [-0.2, 0) is 11.2 Å². The minimum Gasteiger partial charge on any atom is -0.497 e. The number of hydrogen-bond donors (Lipinski definition) is 2. The number of piperidine rings is 1. The number of halogens is 1. The Morgan fingerprint density at radius 2 is 1.90 bits per heavy atom. The molecule has 2 aromatic carbocycles. The van der Waals surface area contributed by atoms with Gasteiger partial charge in [0, 0.05) is 30.3 Å². The number of anilines is 2. The second-order valence-electron chi connectivity index (χ2n) is 11.2. The molecule has 6 rings (SSSR count). The van der Waals surface area contributed by atoms with Crippen molar-refractivity contribution in [3.8, 4) is 5.75 Å². The van der Waals surface area contributed by atoms with Crippen LogP contribution in [0.2, 0.25) is 5.15 Å². The minimum atomic E-state index is -0.573. The van der Waals surface area contributed by atoms with E-state index < -0.39 is 5.76 Å². The third-order valence-corrected chi connectivity index (χ3v) is 8.82. The lowest BCUT2D eigenvalue weighted by molar-refractivity contribution is -0.120. The van der Waals surface area contributed by atoms with Crippen LogP contribution >= 0.6 is 11.6 Å². The molecule has 1 saturated heterocycles. The Labute approximate surface area is 247 Å². The van der Waals surface area contributed by atoms with Gasteiger partial charge in [-0.05, 0) is 98.9 Å². The first-order valence-corrected chi connectivity index (χ1v) is 14.6. The monoisotopic (exact) mass is 589 g/mol. The summed E-state index contributed by atoms with van der Waals surface area (Å²) in [5, 5.41) is 11.5. The Balaban J connectivity index is 1.07. The summed E-state index contributed by atoms with van der Waals surface area (Å²) in [5.74, 6) is 1.10. The second kappa shape index (κ2) is 11.6.